The molecule has 0 radical (unpaired) electrons. The predicted octanol–water partition coefficient (Wildman–Crippen LogP) is 4.15. The first-order valence-corrected chi connectivity index (χ1v) is 17.1. The first kappa shape index (κ1) is 38.4. The number of aliphatic hydroxyl groups is 4. The molecule has 1 saturated heterocycles. The van der Waals surface area contributed by atoms with Gasteiger partial charge in [-0.2, -0.15) is 0 Å². The Balaban J connectivity index is 2.54. The third-order valence-corrected chi connectivity index (χ3v) is 10.3. The molecule has 43 heavy (non-hydrogen) atoms. The summed E-state index contributed by atoms with van der Waals surface area (Å²) in [5.74, 6) is -2.03. The van der Waals surface area contributed by atoms with Gasteiger partial charge in [-0.25, -0.2) is 0 Å². The van der Waals surface area contributed by atoms with Gasteiger partial charge in [-0.3, -0.25) is 4.79 Å². The quantitative estimate of drug-likeness (QED) is 0.183. The average molecular weight is 634 g/mol. The van der Waals surface area contributed by atoms with E-state index in [-0.39, 0.29) is 30.5 Å². The first-order chi connectivity index (χ1) is 19.8. The van der Waals surface area contributed by atoms with Crippen LogP contribution in [0, 0.1) is 29.6 Å². The molecule has 0 aromatic carbocycles. The van der Waals surface area contributed by atoms with Crippen molar-refractivity contribution >= 4 is 23.3 Å². The van der Waals surface area contributed by atoms with Crippen LogP contribution in [0.3, 0.4) is 0 Å². The minimum atomic E-state index is -1.60. The van der Waals surface area contributed by atoms with Crippen LogP contribution in [0.1, 0.15) is 94.4 Å². The normalized spacial score (nSPS) is 46.9. The number of thioether (sulfide) groups is 1. The molecular formula is C32H59NO9S. The zero-order valence-corrected chi connectivity index (χ0v) is 29.0. The highest BCUT2D eigenvalue weighted by atomic mass is 32.2. The lowest BCUT2D eigenvalue weighted by Crippen LogP contribution is -2.57. The molecule has 1 saturated carbocycles. The minimum absolute atomic E-state index is 0.0405. The van der Waals surface area contributed by atoms with Crippen molar-refractivity contribution < 1.29 is 44.3 Å². The van der Waals surface area contributed by atoms with E-state index in [1.54, 1.807) is 34.8 Å². The summed E-state index contributed by atoms with van der Waals surface area (Å²) in [7, 11) is 1.54. The van der Waals surface area contributed by atoms with Crippen molar-refractivity contribution in [3.05, 3.63) is 0 Å². The smallest absolute Gasteiger partial charge is 0.162 e. The van der Waals surface area contributed by atoms with E-state index in [0.717, 1.165) is 0 Å². The molecule has 2 rings (SSSR count). The van der Waals surface area contributed by atoms with E-state index in [0.29, 0.717) is 30.9 Å². The number of oxime groups is 1. The summed E-state index contributed by atoms with van der Waals surface area (Å²) in [5.41, 5.74) is -3.12. The van der Waals surface area contributed by atoms with Crippen molar-refractivity contribution in [2.24, 2.45) is 34.7 Å². The van der Waals surface area contributed by atoms with Crippen molar-refractivity contribution in [1.82, 2.24) is 0 Å². The van der Waals surface area contributed by atoms with Gasteiger partial charge in [0, 0.05) is 37.7 Å². The zero-order valence-electron chi connectivity index (χ0n) is 28.2. The molecule has 1 heterocycles. The third kappa shape index (κ3) is 9.37. The summed E-state index contributed by atoms with van der Waals surface area (Å²) in [4.78, 5) is 19.4. The molecule has 0 aromatic heterocycles. The Morgan fingerprint density at radius 1 is 1.00 bits per heavy atom. The van der Waals surface area contributed by atoms with E-state index in [2.05, 4.69) is 5.16 Å². The van der Waals surface area contributed by atoms with Crippen LogP contribution in [0.4, 0.5) is 0 Å². The van der Waals surface area contributed by atoms with Gasteiger partial charge in [0.05, 0.1) is 40.8 Å². The maximum Gasteiger partial charge on any atom is 0.162 e. The summed E-state index contributed by atoms with van der Waals surface area (Å²) in [6, 6.07) is 0. The highest BCUT2D eigenvalue weighted by molar-refractivity contribution is 7.98. The maximum absolute atomic E-state index is 13.9. The lowest BCUT2D eigenvalue weighted by atomic mass is 9.70. The Labute approximate surface area is 263 Å². The molecule has 2 aliphatic rings. The monoisotopic (exact) mass is 633 g/mol. The zero-order chi connectivity index (χ0) is 32.9. The summed E-state index contributed by atoms with van der Waals surface area (Å²) in [5, 5.41) is 50.0. The van der Waals surface area contributed by atoms with Gasteiger partial charge in [-0.1, -0.05) is 46.2 Å². The van der Waals surface area contributed by atoms with Gasteiger partial charge < -0.3 is 39.5 Å². The maximum atomic E-state index is 13.9. The molecule has 0 aromatic rings. The molecule has 4 unspecified atom stereocenters. The van der Waals surface area contributed by atoms with Crippen LogP contribution in [0.15, 0.2) is 5.16 Å². The molecule has 252 valence electrons. The molecule has 1 aliphatic carbocycles. The fourth-order valence-electron chi connectivity index (χ4n) is 7.23. The topological polar surface area (TPSA) is 147 Å². The second-order valence-corrected chi connectivity index (χ2v) is 14.7. The Kier molecular flexibility index (Phi) is 14.0. The van der Waals surface area contributed by atoms with Crippen LogP contribution in [0.5, 0.6) is 0 Å². The van der Waals surface area contributed by atoms with Crippen molar-refractivity contribution in [1.29, 1.82) is 0 Å². The predicted molar refractivity (Wildman–Crippen MR) is 169 cm³/mol. The van der Waals surface area contributed by atoms with E-state index in [1.807, 2.05) is 40.9 Å². The van der Waals surface area contributed by atoms with E-state index >= 15 is 0 Å². The highest BCUT2D eigenvalue weighted by Crippen LogP contribution is 2.39. The van der Waals surface area contributed by atoms with Gasteiger partial charge in [0.25, 0.3) is 0 Å². The Morgan fingerprint density at radius 3 is 2.19 bits per heavy atom. The highest BCUT2D eigenvalue weighted by Gasteiger charge is 2.49. The van der Waals surface area contributed by atoms with Crippen LogP contribution < -0.4 is 0 Å². The number of nitrogens with zero attached hydrogens (tertiary/aromatic N) is 1. The molecule has 0 bridgehead atoms. The molecule has 1 aliphatic heterocycles. The number of rotatable bonds is 7. The fourth-order valence-corrected chi connectivity index (χ4v) is 7.39. The molecule has 13 atom stereocenters. The first-order valence-electron chi connectivity index (χ1n) is 15.7. The van der Waals surface area contributed by atoms with Crippen LogP contribution in [-0.2, 0) is 23.8 Å². The summed E-state index contributed by atoms with van der Waals surface area (Å²) in [6.07, 6.45) is -0.685. The van der Waals surface area contributed by atoms with Crippen LogP contribution in [-0.4, -0.2) is 98.7 Å². The summed E-state index contributed by atoms with van der Waals surface area (Å²) < 4.78 is 18.3. The summed E-state index contributed by atoms with van der Waals surface area (Å²) in [6.45, 7) is 16.3. The number of carbonyl (C=O) groups excluding carboxylic acids is 1. The van der Waals surface area contributed by atoms with Gasteiger partial charge >= 0.3 is 0 Å². The van der Waals surface area contributed by atoms with Gasteiger partial charge in [0.1, 0.15) is 11.9 Å². The Hall–Kier alpha value is -0.790. The molecule has 0 spiro atoms. The second kappa shape index (κ2) is 15.7. The second-order valence-electron chi connectivity index (χ2n) is 13.9. The lowest BCUT2D eigenvalue weighted by molar-refractivity contribution is -0.295. The molecule has 11 heteroatoms. The Bertz CT molecular complexity index is 931. The van der Waals surface area contributed by atoms with Crippen LogP contribution in [0.2, 0.25) is 0 Å². The molecule has 2 fully saturated rings. The van der Waals surface area contributed by atoms with Crippen molar-refractivity contribution in [3.63, 3.8) is 0 Å². The average Bonchev–Trinajstić information content (AvgIpc) is 2.92. The third-order valence-electron chi connectivity index (χ3n) is 10.0. The van der Waals surface area contributed by atoms with E-state index in [9.17, 15) is 25.2 Å². The number of hydrogen-bond donors (Lipinski definition) is 4. The standard InChI is InChI=1S/C32H59NO9S/c1-12-23-13-24(34)20(4)27(42-25-16-31(8,39-10)29(36)22(6)41-25)19(3)15-30(7,37)14-18(2)26(33-40-17-43-11)21(5)28(35)32(23,9)38/h18-23,25,27-29,35-38H,12-17H2,1-11H3/b33-26+/t18-,19-,20?,21?,22?,23+,25+,27+,28?,29+,30-,31-,32-/m1/s1. The molecule has 10 nitrogen and oxygen atoms in total. The van der Waals surface area contributed by atoms with Crippen LogP contribution >= 0.6 is 11.8 Å². The fraction of sp³-hybridized carbons (Fsp3) is 0.938. The van der Waals surface area contributed by atoms with Crippen LogP contribution in [0.25, 0.3) is 0 Å². The van der Waals surface area contributed by atoms with E-state index < -0.39 is 65.3 Å². The number of ether oxygens (including phenoxy) is 3. The van der Waals surface area contributed by atoms with Crippen molar-refractivity contribution in [3.8, 4) is 0 Å². The number of hydrogen-bond acceptors (Lipinski definition) is 11. The van der Waals surface area contributed by atoms with Gasteiger partial charge in [-0.05, 0) is 58.6 Å². The summed E-state index contributed by atoms with van der Waals surface area (Å²) >= 11 is 1.47. The van der Waals surface area contributed by atoms with Crippen molar-refractivity contribution in [2.75, 3.05) is 19.3 Å². The minimum Gasteiger partial charge on any atom is -0.390 e. The van der Waals surface area contributed by atoms with Gasteiger partial charge in [0.2, 0.25) is 0 Å². The molecule has 0 amide bonds. The number of Topliss-reactive ketones (excluding diaryl/α,β-unsaturated/α-hetero) is 1. The number of carbonyl (C=O) groups is 1. The van der Waals surface area contributed by atoms with Gasteiger partial charge in [0.15, 0.2) is 12.2 Å². The Morgan fingerprint density at radius 2 is 1.63 bits per heavy atom. The largest absolute Gasteiger partial charge is 0.390 e. The molecule has 4 N–H and O–H groups in total. The number of ketones is 1. The lowest BCUT2D eigenvalue weighted by Gasteiger charge is -2.46. The van der Waals surface area contributed by atoms with Gasteiger partial charge in [-0.15, -0.1) is 11.8 Å². The van der Waals surface area contributed by atoms with Crippen molar-refractivity contribution in [2.45, 2.75) is 142 Å². The number of aliphatic hydroxyl groups excluding tert-OH is 2. The molecular weight excluding hydrogens is 574 g/mol. The SMILES string of the molecule is CC[C@H]1CC(=O)C(C)[C@@H](O[C@H]2C[C@@](C)(OC)[C@@H](O)C(C)O2)[C@H](C)C[C@](C)(O)C[C@@H](C)/C(=N\OCSC)C(C)C(O)[C@]1(C)O. The number of methoxy groups -OCH3 is 1. The van der Waals surface area contributed by atoms with E-state index in [4.69, 9.17) is 19.0 Å². The van der Waals surface area contributed by atoms with E-state index in [1.165, 1.54) is 11.8 Å².